The van der Waals surface area contributed by atoms with Crippen LogP contribution in [-0.2, 0) is 16.6 Å². The van der Waals surface area contributed by atoms with Crippen molar-refractivity contribution in [3.8, 4) is 0 Å². The van der Waals surface area contributed by atoms with E-state index in [1.165, 1.54) is 0 Å². The number of rotatable bonds is 4. The summed E-state index contributed by atoms with van der Waals surface area (Å²) in [6.45, 7) is 9.24. The zero-order valence-electron chi connectivity index (χ0n) is 14.2. The highest BCUT2D eigenvalue weighted by molar-refractivity contribution is 5.94. The minimum atomic E-state index is -0.578. The van der Waals surface area contributed by atoms with Gasteiger partial charge in [0.05, 0.1) is 12.0 Å². The van der Waals surface area contributed by atoms with Gasteiger partial charge in [-0.15, -0.1) is 0 Å². The summed E-state index contributed by atoms with van der Waals surface area (Å²) in [6.07, 6.45) is 0.665. The Bertz CT molecular complexity index is 576. The summed E-state index contributed by atoms with van der Waals surface area (Å²) in [4.78, 5) is 26.9. The van der Waals surface area contributed by atoms with Crippen molar-refractivity contribution in [2.75, 3.05) is 19.7 Å². The Morgan fingerprint density at radius 3 is 2.55 bits per heavy atom. The number of aromatic nitrogens is 1. The highest BCUT2D eigenvalue weighted by Crippen LogP contribution is 2.39. The summed E-state index contributed by atoms with van der Waals surface area (Å²) >= 11 is 0. The minimum absolute atomic E-state index is 0.0116. The third-order valence-corrected chi connectivity index (χ3v) is 4.97. The highest BCUT2D eigenvalue weighted by Gasteiger charge is 2.49. The summed E-state index contributed by atoms with van der Waals surface area (Å²) in [5.74, 6) is -0.0507. The number of likely N-dealkylation sites (tertiary alicyclic amines) is 1. The molecule has 22 heavy (non-hydrogen) atoms. The SMILES string of the molecule is CCOC(=O)[C@@]1(C(C)C)CCN(C(=O)c2ccc(C)n2C)C1. The molecular weight excluding hydrogens is 280 g/mol. The first-order valence-electron chi connectivity index (χ1n) is 7.92. The normalized spacial score (nSPS) is 21.5. The van der Waals surface area contributed by atoms with E-state index in [9.17, 15) is 9.59 Å². The molecule has 1 fully saturated rings. The summed E-state index contributed by atoms with van der Waals surface area (Å²) in [5, 5.41) is 0. The van der Waals surface area contributed by atoms with E-state index < -0.39 is 5.41 Å². The number of carbonyl (C=O) groups excluding carboxylic acids is 2. The quantitative estimate of drug-likeness (QED) is 0.803. The standard InChI is InChI=1S/C17H26N2O3/c1-6-22-16(21)17(12(2)3)9-10-19(11-17)15(20)14-8-7-13(4)18(14)5/h7-8,12H,6,9-11H2,1-5H3/t17-/m0/s1. The van der Waals surface area contributed by atoms with Gasteiger partial charge in [-0.1, -0.05) is 13.8 Å². The number of aryl methyl sites for hydroxylation is 1. The van der Waals surface area contributed by atoms with Crippen molar-refractivity contribution in [3.05, 3.63) is 23.5 Å². The average Bonchev–Trinajstić information content (AvgIpc) is 3.05. The van der Waals surface area contributed by atoms with Crippen LogP contribution in [0.25, 0.3) is 0 Å². The zero-order valence-corrected chi connectivity index (χ0v) is 14.2. The number of amides is 1. The molecule has 0 spiro atoms. The maximum atomic E-state index is 12.7. The Morgan fingerprint density at radius 2 is 2.05 bits per heavy atom. The minimum Gasteiger partial charge on any atom is -0.466 e. The van der Waals surface area contributed by atoms with Crippen molar-refractivity contribution >= 4 is 11.9 Å². The predicted molar refractivity (Wildman–Crippen MR) is 84.6 cm³/mol. The fourth-order valence-electron chi connectivity index (χ4n) is 3.14. The Kier molecular flexibility index (Phi) is 4.63. The molecule has 1 saturated heterocycles. The van der Waals surface area contributed by atoms with Crippen LogP contribution in [0, 0.1) is 18.3 Å². The lowest BCUT2D eigenvalue weighted by Crippen LogP contribution is -2.42. The van der Waals surface area contributed by atoms with Crippen LogP contribution in [0.3, 0.4) is 0 Å². The van der Waals surface area contributed by atoms with Crippen LogP contribution < -0.4 is 0 Å². The number of carbonyl (C=O) groups is 2. The maximum absolute atomic E-state index is 12.7. The smallest absolute Gasteiger partial charge is 0.314 e. The van der Waals surface area contributed by atoms with Gasteiger partial charge in [-0.2, -0.15) is 0 Å². The first kappa shape index (κ1) is 16.6. The molecular formula is C17H26N2O3. The van der Waals surface area contributed by atoms with Crippen LogP contribution in [0.4, 0.5) is 0 Å². The van der Waals surface area contributed by atoms with Crippen molar-refractivity contribution in [1.82, 2.24) is 9.47 Å². The predicted octanol–water partition coefficient (Wildman–Crippen LogP) is 2.38. The van der Waals surface area contributed by atoms with Crippen LogP contribution in [0.15, 0.2) is 12.1 Å². The van der Waals surface area contributed by atoms with Crippen molar-refractivity contribution < 1.29 is 14.3 Å². The second-order valence-corrected chi connectivity index (χ2v) is 6.43. The van der Waals surface area contributed by atoms with Gasteiger partial charge >= 0.3 is 5.97 Å². The van der Waals surface area contributed by atoms with E-state index in [-0.39, 0.29) is 17.8 Å². The number of hydrogen-bond acceptors (Lipinski definition) is 3. The molecule has 2 rings (SSSR count). The molecule has 0 bridgehead atoms. The second-order valence-electron chi connectivity index (χ2n) is 6.43. The topological polar surface area (TPSA) is 51.5 Å². The third kappa shape index (κ3) is 2.64. The number of ether oxygens (including phenoxy) is 1. The van der Waals surface area contributed by atoms with Crippen molar-refractivity contribution in [2.45, 2.75) is 34.1 Å². The van der Waals surface area contributed by atoms with Gasteiger partial charge in [-0.05, 0) is 38.3 Å². The Labute approximate surface area is 132 Å². The molecule has 1 aromatic rings. The number of esters is 1. The van der Waals surface area contributed by atoms with Gasteiger partial charge < -0.3 is 14.2 Å². The van der Waals surface area contributed by atoms with Crippen LogP contribution in [-0.4, -0.2) is 41.0 Å². The molecule has 5 heteroatoms. The van der Waals surface area contributed by atoms with E-state index in [0.29, 0.717) is 31.8 Å². The Hall–Kier alpha value is -1.78. The largest absolute Gasteiger partial charge is 0.466 e. The molecule has 1 amide bonds. The fraction of sp³-hybridized carbons (Fsp3) is 0.647. The Morgan fingerprint density at radius 1 is 1.36 bits per heavy atom. The fourth-order valence-corrected chi connectivity index (χ4v) is 3.14. The molecule has 1 aliphatic rings. The molecule has 1 aromatic heterocycles. The van der Waals surface area contributed by atoms with Gasteiger partial charge in [-0.3, -0.25) is 9.59 Å². The van der Waals surface area contributed by atoms with Gasteiger partial charge in [0.1, 0.15) is 5.69 Å². The van der Waals surface area contributed by atoms with Gasteiger partial charge in [0, 0.05) is 25.8 Å². The van der Waals surface area contributed by atoms with Crippen molar-refractivity contribution in [1.29, 1.82) is 0 Å². The molecule has 0 unspecified atom stereocenters. The summed E-state index contributed by atoms with van der Waals surface area (Å²) < 4.78 is 7.16. The maximum Gasteiger partial charge on any atom is 0.314 e. The van der Waals surface area contributed by atoms with E-state index in [4.69, 9.17) is 4.74 Å². The van der Waals surface area contributed by atoms with E-state index in [1.54, 1.807) is 4.90 Å². The molecule has 0 radical (unpaired) electrons. The van der Waals surface area contributed by atoms with E-state index in [0.717, 1.165) is 5.69 Å². The third-order valence-electron chi connectivity index (χ3n) is 4.97. The first-order valence-corrected chi connectivity index (χ1v) is 7.92. The molecule has 0 aliphatic carbocycles. The lowest BCUT2D eigenvalue weighted by Gasteiger charge is -2.30. The highest BCUT2D eigenvalue weighted by atomic mass is 16.5. The summed E-state index contributed by atoms with van der Waals surface area (Å²) in [6, 6.07) is 3.78. The van der Waals surface area contributed by atoms with Crippen LogP contribution in [0.2, 0.25) is 0 Å². The van der Waals surface area contributed by atoms with E-state index >= 15 is 0 Å². The summed E-state index contributed by atoms with van der Waals surface area (Å²) in [7, 11) is 1.89. The molecule has 0 saturated carbocycles. The molecule has 1 aliphatic heterocycles. The average molecular weight is 306 g/mol. The van der Waals surface area contributed by atoms with E-state index in [2.05, 4.69) is 0 Å². The van der Waals surface area contributed by atoms with Crippen LogP contribution >= 0.6 is 0 Å². The van der Waals surface area contributed by atoms with Crippen LogP contribution in [0.1, 0.15) is 43.4 Å². The molecule has 0 aromatic carbocycles. The van der Waals surface area contributed by atoms with Gasteiger partial charge in [0.2, 0.25) is 0 Å². The molecule has 1 atom stereocenters. The zero-order chi connectivity index (χ0) is 16.5. The lowest BCUT2D eigenvalue weighted by atomic mass is 9.76. The molecule has 122 valence electrons. The van der Waals surface area contributed by atoms with Crippen LogP contribution in [0.5, 0.6) is 0 Å². The second kappa shape index (κ2) is 6.15. The molecule has 0 N–H and O–H groups in total. The van der Waals surface area contributed by atoms with Gasteiger partial charge in [-0.25, -0.2) is 0 Å². The summed E-state index contributed by atoms with van der Waals surface area (Å²) in [5.41, 5.74) is 1.13. The number of nitrogens with zero attached hydrogens (tertiary/aromatic N) is 2. The first-order chi connectivity index (χ1) is 10.3. The van der Waals surface area contributed by atoms with E-state index in [1.807, 2.05) is 51.4 Å². The number of hydrogen-bond donors (Lipinski definition) is 0. The van der Waals surface area contributed by atoms with Crippen molar-refractivity contribution in [2.24, 2.45) is 18.4 Å². The molecule has 2 heterocycles. The van der Waals surface area contributed by atoms with Gasteiger partial charge in [0.25, 0.3) is 5.91 Å². The monoisotopic (exact) mass is 306 g/mol. The van der Waals surface area contributed by atoms with Gasteiger partial charge in [0.15, 0.2) is 0 Å². The van der Waals surface area contributed by atoms with Crippen molar-refractivity contribution in [3.63, 3.8) is 0 Å². The lowest BCUT2D eigenvalue weighted by molar-refractivity contribution is -0.157. The molecule has 5 nitrogen and oxygen atoms in total. The Balaban J connectivity index is 2.21.